The third-order valence-electron chi connectivity index (χ3n) is 3.59. The summed E-state index contributed by atoms with van der Waals surface area (Å²) in [5.41, 5.74) is 1.99. The number of carbonyl (C=O) groups excluding carboxylic acids is 1. The molecule has 0 aliphatic heterocycles. The Kier molecular flexibility index (Phi) is 5.46. The van der Waals surface area contributed by atoms with Crippen molar-refractivity contribution in [3.05, 3.63) is 42.0 Å². The van der Waals surface area contributed by atoms with Crippen molar-refractivity contribution in [1.29, 1.82) is 0 Å². The molecule has 0 saturated carbocycles. The predicted octanol–water partition coefficient (Wildman–Crippen LogP) is 1.95. The molecule has 2 rings (SSSR count). The molecule has 0 aliphatic carbocycles. The highest BCUT2D eigenvalue weighted by atomic mass is 16.4. The van der Waals surface area contributed by atoms with Gasteiger partial charge in [-0.3, -0.25) is 4.79 Å². The van der Waals surface area contributed by atoms with Crippen molar-refractivity contribution in [2.45, 2.75) is 39.2 Å². The van der Waals surface area contributed by atoms with Crippen LogP contribution < -0.4 is 5.32 Å². The second-order valence-corrected chi connectivity index (χ2v) is 5.35. The van der Waals surface area contributed by atoms with Gasteiger partial charge in [-0.25, -0.2) is 14.5 Å². The van der Waals surface area contributed by atoms with Crippen molar-refractivity contribution in [2.75, 3.05) is 0 Å². The lowest BCUT2D eigenvalue weighted by molar-refractivity contribution is -0.139. The summed E-state index contributed by atoms with van der Waals surface area (Å²) >= 11 is 0. The Balaban J connectivity index is 2.14. The van der Waals surface area contributed by atoms with Crippen molar-refractivity contribution in [1.82, 2.24) is 20.1 Å². The summed E-state index contributed by atoms with van der Waals surface area (Å²) in [5, 5.41) is 15.8. The van der Waals surface area contributed by atoms with E-state index in [0.29, 0.717) is 12.0 Å². The second-order valence-electron chi connectivity index (χ2n) is 5.35. The minimum absolute atomic E-state index is 0.379. The molecular weight excluding hydrogens is 296 g/mol. The van der Waals surface area contributed by atoms with Crippen molar-refractivity contribution in [3.63, 3.8) is 0 Å². The third kappa shape index (κ3) is 4.15. The lowest BCUT2D eigenvalue weighted by atomic mass is 10.1. The SMILES string of the molecule is CCCC[C@H](NC(=O)c1ccc(-n2cncn2)cc1C)C(=O)O. The average molecular weight is 316 g/mol. The Morgan fingerprint density at radius 1 is 1.39 bits per heavy atom. The number of carboxylic acid groups (broad SMARTS) is 1. The molecule has 0 aliphatic rings. The van der Waals surface area contributed by atoms with E-state index in [-0.39, 0.29) is 5.91 Å². The molecule has 2 aromatic rings. The first-order chi connectivity index (χ1) is 11.0. The first kappa shape index (κ1) is 16.7. The van der Waals surface area contributed by atoms with Gasteiger partial charge in [0.1, 0.15) is 18.7 Å². The normalized spacial score (nSPS) is 11.9. The Morgan fingerprint density at radius 2 is 2.17 bits per heavy atom. The van der Waals surface area contributed by atoms with Crippen LogP contribution in [0.1, 0.15) is 42.1 Å². The van der Waals surface area contributed by atoms with Gasteiger partial charge < -0.3 is 10.4 Å². The summed E-state index contributed by atoms with van der Waals surface area (Å²) in [5.74, 6) is -1.39. The number of rotatable bonds is 7. The lowest BCUT2D eigenvalue weighted by Crippen LogP contribution is -2.41. The summed E-state index contributed by atoms with van der Waals surface area (Å²) < 4.78 is 1.59. The van der Waals surface area contributed by atoms with Gasteiger partial charge in [-0.15, -0.1) is 0 Å². The van der Waals surface area contributed by atoms with Crippen LogP contribution >= 0.6 is 0 Å². The van der Waals surface area contributed by atoms with Crippen LogP contribution in [-0.4, -0.2) is 37.8 Å². The fraction of sp³-hybridized carbons (Fsp3) is 0.375. The van der Waals surface area contributed by atoms with Crippen LogP contribution in [0.3, 0.4) is 0 Å². The second kappa shape index (κ2) is 7.53. The standard InChI is InChI=1S/C16H20N4O3/c1-3-4-5-14(16(22)23)19-15(21)13-7-6-12(8-11(13)2)20-10-17-9-18-20/h6-10,14H,3-5H2,1-2H3,(H,19,21)(H,22,23)/t14-/m0/s1. The fourth-order valence-corrected chi connectivity index (χ4v) is 2.29. The van der Waals surface area contributed by atoms with Crippen LogP contribution in [0, 0.1) is 6.92 Å². The van der Waals surface area contributed by atoms with E-state index in [0.717, 1.165) is 24.1 Å². The van der Waals surface area contributed by atoms with Gasteiger partial charge in [0.25, 0.3) is 5.91 Å². The largest absolute Gasteiger partial charge is 0.480 e. The predicted molar refractivity (Wildman–Crippen MR) is 84.5 cm³/mol. The Bertz CT molecular complexity index is 683. The number of nitrogens with zero attached hydrogens (tertiary/aromatic N) is 3. The molecule has 0 radical (unpaired) electrons. The molecule has 7 heteroatoms. The van der Waals surface area contributed by atoms with Crippen LogP contribution in [0.15, 0.2) is 30.9 Å². The molecule has 1 aromatic heterocycles. The quantitative estimate of drug-likeness (QED) is 0.813. The van der Waals surface area contributed by atoms with Gasteiger partial charge in [-0.2, -0.15) is 5.10 Å². The monoisotopic (exact) mass is 316 g/mol. The molecule has 0 unspecified atom stereocenters. The van der Waals surface area contributed by atoms with E-state index in [4.69, 9.17) is 0 Å². The molecule has 0 spiro atoms. The molecule has 122 valence electrons. The molecule has 1 heterocycles. The van der Waals surface area contributed by atoms with E-state index in [2.05, 4.69) is 15.4 Å². The molecule has 2 N–H and O–H groups in total. The van der Waals surface area contributed by atoms with E-state index < -0.39 is 12.0 Å². The summed E-state index contributed by atoms with van der Waals surface area (Å²) in [7, 11) is 0. The molecular formula is C16H20N4O3. The van der Waals surface area contributed by atoms with E-state index >= 15 is 0 Å². The third-order valence-corrected chi connectivity index (χ3v) is 3.59. The maximum atomic E-state index is 12.3. The molecule has 1 amide bonds. The summed E-state index contributed by atoms with van der Waals surface area (Å²) in [6.45, 7) is 3.78. The van der Waals surface area contributed by atoms with Crippen molar-refractivity contribution in [3.8, 4) is 5.69 Å². The lowest BCUT2D eigenvalue weighted by Gasteiger charge is -2.15. The van der Waals surface area contributed by atoms with Gasteiger partial charge in [-0.1, -0.05) is 19.8 Å². The van der Waals surface area contributed by atoms with E-state index in [1.807, 2.05) is 13.0 Å². The van der Waals surface area contributed by atoms with E-state index in [1.54, 1.807) is 30.1 Å². The van der Waals surface area contributed by atoms with Crippen molar-refractivity contribution >= 4 is 11.9 Å². The van der Waals surface area contributed by atoms with Gasteiger partial charge >= 0.3 is 5.97 Å². The van der Waals surface area contributed by atoms with Crippen LogP contribution in [0.4, 0.5) is 0 Å². The fourth-order valence-electron chi connectivity index (χ4n) is 2.29. The minimum atomic E-state index is -1.01. The Hall–Kier alpha value is -2.70. The molecule has 7 nitrogen and oxygen atoms in total. The van der Waals surface area contributed by atoms with Gasteiger partial charge in [-0.05, 0) is 37.1 Å². The minimum Gasteiger partial charge on any atom is -0.480 e. The zero-order valence-electron chi connectivity index (χ0n) is 13.2. The smallest absolute Gasteiger partial charge is 0.326 e. The average Bonchev–Trinajstić information content (AvgIpc) is 3.05. The van der Waals surface area contributed by atoms with Crippen molar-refractivity contribution < 1.29 is 14.7 Å². The maximum absolute atomic E-state index is 12.3. The summed E-state index contributed by atoms with van der Waals surface area (Å²) in [6.07, 6.45) is 5.06. The number of carboxylic acids is 1. The van der Waals surface area contributed by atoms with E-state index in [9.17, 15) is 14.7 Å². The number of benzene rings is 1. The topological polar surface area (TPSA) is 97.1 Å². The highest BCUT2D eigenvalue weighted by molar-refractivity contribution is 5.98. The Morgan fingerprint density at radius 3 is 2.74 bits per heavy atom. The van der Waals surface area contributed by atoms with Crippen LogP contribution in [0.25, 0.3) is 5.69 Å². The number of hydrogen-bond acceptors (Lipinski definition) is 4. The van der Waals surface area contributed by atoms with Crippen molar-refractivity contribution in [2.24, 2.45) is 0 Å². The highest BCUT2D eigenvalue weighted by Gasteiger charge is 2.21. The molecule has 23 heavy (non-hydrogen) atoms. The number of aromatic nitrogens is 3. The number of unbranched alkanes of at least 4 members (excludes halogenated alkanes) is 1. The summed E-state index contributed by atoms with van der Waals surface area (Å²) in [6, 6.07) is 4.36. The van der Waals surface area contributed by atoms with E-state index in [1.165, 1.54) is 6.33 Å². The highest BCUT2D eigenvalue weighted by Crippen LogP contribution is 2.14. The first-order valence-corrected chi connectivity index (χ1v) is 7.52. The molecule has 1 atom stereocenters. The zero-order chi connectivity index (χ0) is 16.8. The van der Waals surface area contributed by atoms with Crippen LogP contribution in [0.5, 0.6) is 0 Å². The van der Waals surface area contributed by atoms with Gasteiger partial charge in [0.2, 0.25) is 0 Å². The summed E-state index contributed by atoms with van der Waals surface area (Å²) in [4.78, 5) is 27.4. The number of carbonyl (C=O) groups is 2. The number of amides is 1. The number of aryl methyl sites for hydroxylation is 1. The number of aliphatic carboxylic acids is 1. The van der Waals surface area contributed by atoms with Crippen LogP contribution in [-0.2, 0) is 4.79 Å². The van der Waals surface area contributed by atoms with Gasteiger partial charge in [0, 0.05) is 5.56 Å². The first-order valence-electron chi connectivity index (χ1n) is 7.52. The Labute approximate surface area is 134 Å². The van der Waals surface area contributed by atoms with Crippen LogP contribution in [0.2, 0.25) is 0 Å². The van der Waals surface area contributed by atoms with Gasteiger partial charge in [0.05, 0.1) is 5.69 Å². The zero-order valence-corrected chi connectivity index (χ0v) is 13.2. The molecule has 0 fully saturated rings. The maximum Gasteiger partial charge on any atom is 0.326 e. The molecule has 0 saturated heterocycles. The van der Waals surface area contributed by atoms with Gasteiger partial charge in [0.15, 0.2) is 0 Å². The molecule has 0 bridgehead atoms. The number of nitrogens with one attached hydrogen (secondary N) is 1. The number of hydrogen-bond donors (Lipinski definition) is 2. The molecule has 1 aromatic carbocycles.